The number of carboxylic acid groups (broad SMARTS) is 2. The predicted molar refractivity (Wildman–Crippen MR) is 82.2 cm³/mol. The van der Waals surface area contributed by atoms with Crippen LogP contribution in [0, 0.1) is 0 Å². The molecule has 21 heavy (non-hydrogen) atoms. The Morgan fingerprint density at radius 3 is 2.14 bits per heavy atom. The van der Waals surface area contributed by atoms with E-state index in [4.69, 9.17) is 0 Å². The molecule has 4 nitrogen and oxygen atoms in total. The van der Waals surface area contributed by atoms with E-state index in [-0.39, 0.29) is 11.1 Å². The molecule has 0 spiro atoms. The van der Waals surface area contributed by atoms with E-state index in [0.717, 1.165) is 31.2 Å². The maximum absolute atomic E-state index is 11.5. The number of aryl methyl sites for hydroxylation is 1. The lowest BCUT2D eigenvalue weighted by Gasteiger charge is -2.14. The Morgan fingerprint density at radius 1 is 0.952 bits per heavy atom. The molecule has 0 fully saturated rings. The minimum atomic E-state index is -1.18. The number of rotatable bonds is 9. The zero-order valence-corrected chi connectivity index (χ0v) is 12.8. The highest BCUT2D eigenvalue weighted by Gasteiger charge is 2.21. The molecular weight excluding hydrogens is 268 g/mol. The summed E-state index contributed by atoms with van der Waals surface area (Å²) in [7, 11) is 0. The first-order valence-corrected chi connectivity index (χ1v) is 7.64. The Morgan fingerprint density at radius 2 is 1.62 bits per heavy atom. The second kappa shape index (κ2) is 8.45. The first kappa shape index (κ1) is 17.2. The van der Waals surface area contributed by atoms with Crippen molar-refractivity contribution in [2.24, 2.45) is 0 Å². The maximum Gasteiger partial charge on any atom is 0.336 e. The van der Waals surface area contributed by atoms with Crippen LogP contribution in [-0.2, 0) is 12.8 Å². The third-order valence-corrected chi connectivity index (χ3v) is 3.77. The third-order valence-electron chi connectivity index (χ3n) is 3.77. The minimum Gasteiger partial charge on any atom is -0.478 e. The second-order valence-electron chi connectivity index (χ2n) is 5.25. The van der Waals surface area contributed by atoms with Gasteiger partial charge in [0.25, 0.3) is 0 Å². The van der Waals surface area contributed by atoms with Crippen molar-refractivity contribution >= 4 is 11.9 Å². The van der Waals surface area contributed by atoms with Crippen molar-refractivity contribution in [2.45, 2.75) is 58.8 Å². The van der Waals surface area contributed by atoms with Gasteiger partial charge in [0.05, 0.1) is 11.1 Å². The van der Waals surface area contributed by atoms with E-state index in [1.54, 1.807) is 6.07 Å². The predicted octanol–water partition coefficient (Wildman–Crippen LogP) is 4.16. The van der Waals surface area contributed by atoms with Crippen molar-refractivity contribution < 1.29 is 19.8 Å². The van der Waals surface area contributed by atoms with Gasteiger partial charge in [0, 0.05) is 0 Å². The summed E-state index contributed by atoms with van der Waals surface area (Å²) in [5, 5.41) is 18.6. The Bertz CT molecular complexity index is 506. The number of benzene rings is 1. The first-order chi connectivity index (χ1) is 10.0. The highest BCUT2D eigenvalue weighted by Crippen LogP contribution is 2.23. The van der Waals surface area contributed by atoms with Gasteiger partial charge in [-0.2, -0.15) is 0 Å². The molecule has 0 aromatic heterocycles. The lowest BCUT2D eigenvalue weighted by molar-refractivity contribution is 0.0650. The van der Waals surface area contributed by atoms with Crippen LogP contribution in [0.3, 0.4) is 0 Å². The van der Waals surface area contributed by atoms with E-state index in [0.29, 0.717) is 18.4 Å². The molecule has 116 valence electrons. The fourth-order valence-corrected chi connectivity index (χ4v) is 2.64. The Balaban J connectivity index is 3.04. The number of carbonyl (C=O) groups is 2. The summed E-state index contributed by atoms with van der Waals surface area (Å²) >= 11 is 0. The normalized spacial score (nSPS) is 10.6. The summed E-state index contributed by atoms with van der Waals surface area (Å²) in [6, 6.07) is 3.16. The average molecular weight is 292 g/mol. The van der Waals surface area contributed by atoms with Crippen LogP contribution >= 0.6 is 0 Å². The maximum atomic E-state index is 11.5. The molecule has 0 bridgehead atoms. The van der Waals surface area contributed by atoms with E-state index >= 15 is 0 Å². The topological polar surface area (TPSA) is 74.6 Å². The molecule has 0 heterocycles. The molecule has 0 aliphatic rings. The zero-order valence-electron chi connectivity index (χ0n) is 12.8. The summed E-state index contributed by atoms with van der Waals surface area (Å²) in [5.41, 5.74) is 1.50. The zero-order chi connectivity index (χ0) is 15.8. The number of hydrogen-bond acceptors (Lipinski definition) is 2. The third kappa shape index (κ3) is 4.59. The van der Waals surface area contributed by atoms with Gasteiger partial charge in [0.1, 0.15) is 0 Å². The van der Waals surface area contributed by atoms with Gasteiger partial charge >= 0.3 is 11.9 Å². The fraction of sp³-hybridized carbons (Fsp3) is 0.529. The van der Waals surface area contributed by atoms with Gasteiger partial charge in [0.2, 0.25) is 0 Å². The van der Waals surface area contributed by atoms with Gasteiger partial charge in [-0.05, 0) is 36.5 Å². The second-order valence-corrected chi connectivity index (χ2v) is 5.25. The number of unbranched alkanes of at least 4 members (excludes halogenated alkanes) is 4. The molecule has 0 amide bonds. The van der Waals surface area contributed by atoms with E-state index in [1.165, 1.54) is 12.5 Å². The number of aromatic carboxylic acids is 2. The molecule has 0 aliphatic carbocycles. The molecule has 0 aliphatic heterocycles. The van der Waals surface area contributed by atoms with Crippen LogP contribution < -0.4 is 0 Å². The molecule has 0 saturated carbocycles. The van der Waals surface area contributed by atoms with Crippen molar-refractivity contribution in [3.05, 3.63) is 34.4 Å². The van der Waals surface area contributed by atoms with E-state index in [9.17, 15) is 19.8 Å². The van der Waals surface area contributed by atoms with Crippen molar-refractivity contribution in [3.8, 4) is 0 Å². The molecule has 1 rings (SSSR count). The minimum absolute atomic E-state index is 0.0302. The molecule has 1 aromatic carbocycles. The standard InChI is InChI=1S/C17H24O4/c1-3-5-6-7-8-9-13-12(4-2)10-11-14(16(18)19)15(13)17(20)21/h10-11H,3-9H2,1-2H3,(H,18,19)(H,20,21). The average Bonchev–Trinajstić information content (AvgIpc) is 2.45. The summed E-state index contributed by atoms with van der Waals surface area (Å²) in [5.74, 6) is -2.33. The number of carboxylic acids is 2. The van der Waals surface area contributed by atoms with Crippen LogP contribution in [0.1, 0.15) is 77.8 Å². The van der Waals surface area contributed by atoms with Gasteiger partial charge in [-0.25, -0.2) is 9.59 Å². The van der Waals surface area contributed by atoms with Crippen molar-refractivity contribution in [3.63, 3.8) is 0 Å². The Hall–Kier alpha value is -1.84. The van der Waals surface area contributed by atoms with Gasteiger partial charge in [-0.1, -0.05) is 45.6 Å². The van der Waals surface area contributed by atoms with Crippen molar-refractivity contribution in [1.82, 2.24) is 0 Å². The van der Waals surface area contributed by atoms with Gasteiger partial charge in [-0.3, -0.25) is 0 Å². The monoisotopic (exact) mass is 292 g/mol. The van der Waals surface area contributed by atoms with E-state index in [2.05, 4.69) is 6.92 Å². The SMILES string of the molecule is CCCCCCCc1c(CC)ccc(C(=O)O)c1C(=O)O. The first-order valence-electron chi connectivity index (χ1n) is 7.64. The van der Waals surface area contributed by atoms with Crippen LogP contribution in [0.25, 0.3) is 0 Å². The molecule has 0 atom stereocenters. The molecule has 4 heteroatoms. The summed E-state index contributed by atoms with van der Waals surface area (Å²) in [6.07, 6.45) is 6.78. The van der Waals surface area contributed by atoms with Crippen LogP contribution in [-0.4, -0.2) is 22.2 Å². The quantitative estimate of drug-likeness (QED) is 0.670. The lowest BCUT2D eigenvalue weighted by atomic mass is 9.90. The number of hydrogen-bond donors (Lipinski definition) is 2. The lowest BCUT2D eigenvalue weighted by Crippen LogP contribution is -2.13. The Kier molecular flexibility index (Phi) is 6.92. The van der Waals surface area contributed by atoms with Gasteiger partial charge in [0.15, 0.2) is 0 Å². The van der Waals surface area contributed by atoms with Crippen LogP contribution in [0.2, 0.25) is 0 Å². The summed E-state index contributed by atoms with van der Waals surface area (Å²) < 4.78 is 0. The van der Waals surface area contributed by atoms with Crippen molar-refractivity contribution in [2.75, 3.05) is 0 Å². The van der Waals surface area contributed by atoms with E-state index in [1.807, 2.05) is 6.92 Å². The molecule has 2 N–H and O–H groups in total. The summed E-state index contributed by atoms with van der Waals surface area (Å²) in [6.45, 7) is 4.11. The van der Waals surface area contributed by atoms with Crippen molar-refractivity contribution in [1.29, 1.82) is 0 Å². The largest absolute Gasteiger partial charge is 0.478 e. The Labute approximate surface area is 125 Å². The smallest absolute Gasteiger partial charge is 0.336 e. The molecule has 1 aromatic rings. The van der Waals surface area contributed by atoms with Gasteiger partial charge < -0.3 is 10.2 Å². The fourth-order valence-electron chi connectivity index (χ4n) is 2.64. The van der Waals surface area contributed by atoms with Crippen LogP contribution in [0.5, 0.6) is 0 Å². The van der Waals surface area contributed by atoms with Gasteiger partial charge in [-0.15, -0.1) is 0 Å². The molecule has 0 radical (unpaired) electrons. The highest BCUT2D eigenvalue weighted by molar-refractivity contribution is 6.03. The molecule has 0 unspecified atom stereocenters. The molecular formula is C17H24O4. The molecule has 0 saturated heterocycles. The van der Waals surface area contributed by atoms with Crippen LogP contribution in [0.4, 0.5) is 0 Å². The van der Waals surface area contributed by atoms with E-state index < -0.39 is 11.9 Å². The van der Waals surface area contributed by atoms with Crippen LogP contribution in [0.15, 0.2) is 12.1 Å². The summed E-state index contributed by atoms with van der Waals surface area (Å²) in [4.78, 5) is 22.7. The highest BCUT2D eigenvalue weighted by atomic mass is 16.4.